The Morgan fingerprint density at radius 1 is 1.67 bits per heavy atom. The van der Waals surface area contributed by atoms with E-state index in [-0.39, 0.29) is 0 Å². The Balaban J connectivity index is 2.11. The second-order valence-electron chi connectivity index (χ2n) is 1.93. The number of halogens is 1. The van der Waals surface area contributed by atoms with Crippen molar-refractivity contribution in [2.45, 2.75) is 6.92 Å². The zero-order valence-electron chi connectivity index (χ0n) is 3.82. The molecular formula is C4H8IN. The van der Waals surface area contributed by atoms with Crippen LogP contribution in [-0.2, 0) is 0 Å². The van der Waals surface area contributed by atoms with Gasteiger partial charge in [-0.05, 0) is 5.92 Å². The number of hydrogen-bond acceptors (Lipinski definition) is 1. The van der Waals surface area contributed by atoms with Crippen molar-refractivity contribution >= 4 is 22.9 Å². The van der Waals surface area contributed by atoms with Gasteiger partial charge in [-0.2, -0.15) is 0 Å². The molecule has 0 atom stereocenters. The molecule has 1 heterocycles. The molecule has 36 valence electrons. The summed E-state index contributed by atoms with van der Waals surface area (Å²) >= 11 is 2.34. The number of rotatable bonds is 0. The van der Waals surface area contributed by atoms with E-state index in [2.05, 4.69) is 32.9 Å². The minimum atomic E-state index is 0.960. The second kappa shape index (κ2) is 1.66. The minimum Gasteiger partial charge on any atom is -0.247 e. The van der Waals surface area contributed by atoms with Crippen molar-refractivity contribution in [2.75, 3.05) is 13.1 Å². The molecule has 0 aromatic heterocycles. The summed E-state index contributed by atoms with van der Waals surface area (Å²) in [6, 6.07) is 0. The van der Waals surface area contributed by atoms with E-state index >= 15 is 0 Å². The van der Waals surface area contributed by atoms with Crippen LogP contribution in [0.15, 0.2) is 0 Å². The summed E-state index contributed by atoms with van der Waals surface area (Å²) in [6.07, 6.45) is 0. The van der Waals surface area contributed by atoms with Gasteiger partial charge in [0.25, 0.3) is 0 Å². The highest BCUT2D eigenvalue weighted by Crippen LogP contribution is 2.17. The first-order valence-corrected chi connectivity index (χ1v) is 3.16. The smallest absolute Gasteiger partial charge is 0.0201 e. The highest BCUT2D eigenvalue weighted by molar-refractivity contribution is 14.1. The molecule has 1 rings (SSSR count). The highest BCUT2D eigenvalue weighted by atomic mass is 127. The molecule has 0 saturated carbocycles. The molecule has 0 spiro atoms. The summed E-state index contributed by atoms with van der Waals surface area (Å²) in [7, 11) is 0. The zero-order valence-corrected chi connectivity index (χ0v) is 5.97. The maximum atomic E-state index is 2.34. The lowest BCUT2D eigenvalue weighted by Gasteiger charge is -2.30. The fourth-order valence-corrected chi connectivity index (χ4v) is 1.97. The molecule has 0 N–H and O–H groups in total. The largest absolute Gasteiger partial charge is 0.247 e. The normalized spacial score (nSPS) is 27.0. The number of nitrogens with zero attached hydrogens (tertiary/aromatic N) is 1. The third-order valence-electron chi connectivity index (χ3n) is 1.02. The first-order chi connectivity index (χ1) is 2.79. The van der Waals surface area contributed by atoms with E-state index in [4.69, 9.17) is 0 Å². The summed E-state index contributed by atoms with van der Waals surface area (Å²) in [5.74, 6) is 0.960. The molecule has 0 aliphatic carbocycles. The van der Waals surface area contributed by atoms with Crippen LogP contribution < -0.4 is 0 Å². The maximum Gasteiger partial charge on any atom is 0.0201 e. The van der Waals surface area contributed by atoms with Crippen LogP contribution in [-0.4, -0.2) is 16.2 Å². The van der Waals surface area contributed by atoms with Gasteiger partial charge in [0.2, 0.25) is 0 Å². The predicted octanol–water partition coefficient (Wildman–Crippen LogP) is 1.29. The molecule has 0 unspecified atom stereocenters. The lowest BCUT2D eigenvalue weighted by molar-refractivity contribution is 0.264. The molecule has 1 nitrogen and oxygen atoms in total. The molecule has 0 aromatic rings. The van der Waals surface area contributed by atoms with E-state index < -0.39 is 0 Å². The summed E-state index contributed by atoms with van der Waals surface area (Å²) < 4.78 is 2.29. The van der Waals surface area contributed by atoms with Crippen LogP contribution in [0.1, 0.15) is 6.92 Å². The average Bonchev–Trinajstić information content (AvgIpc) is 1.33. The third-order valence-corrected chi connectivity index (χ3v) is 1.81. The van der Waals surface area contributed by atoms with Crippen LogP contribution in [0.25, 0.3) is 0 Å². The van der Waals surface area contributed by atoms with Crippen LogP contribution in [0, 0.1) is 5.92 Å². The lowest BCUT2D eigenvalue weighted by atomic mass is 10.1. The van der Waals surface area contributed by atoms with Crippen LogP contribution in [0.5, 0.6) is 0 Å². The van der Waals surface area contributed by atoms with Crippen LogP contribution in [0.3, 0.4) is 0 Å². The highest BCUT2D eigenvalue weighted by Gasteiger charge is 2.18. The van der Waals surface area contributed by atoms with Gasteiger partial charge < -0.3 is 0 Å². The predicted molar refractivity (Wildman–Crippen MR) is 34.8 cm³/mol. The Morgan fingerprint density at radius 2 is 2.17 bits per heavy atom. The summed E-state index contributed by atoms with van der Waals surface area (Å²) in [5, 5.41) is 0. The van der Waals surface area contributed by atoms with Gasteiger partial charge in [-0.1, -0.05) is 6.92 Å². The zero-order chi connectivity index (χ0) is 4.57. The molecule has 1 aliphatic rings. The maximum absolute atomic E-state index is 2.34. The quantitative estimate of drug-likeness (QED) is 0.417. The summed E-state index contributed by atoms with van der Waals surface area (Å²) in [4.78, 5) is 0. The van der Waals surface area contributed by atoms with Crippen molar-refractivity contribution in [1.82, 2.24) is 3.11 Å². The van der Waals surface area contributed by atoms with Crippen molar-refractivity contribution < 1.29 is 0 Å². The van der Waals surface area contributed by atoms with E-state index in [9.17, 15) is 0 Å². The van der Waals surface area contributed by atoms with Crippen molar-refractivity contribution in [3.05, 3.63) is 0 Å². The van der Waals surface area contributed by atoms with Crippen molar-refractivity contribution in [3.8, 4) is 0 Å². The SMILES string of the molecule is CC1CN(I)C1. The second-order valence-corrected chi connectivity index (χ2v) is 3.30. The van der Waals surface area contributed by atoms with Crippen molar-refractivity contribution in [3.63, 3.8) is 0 Å². The van der Waals surface area contributed by atoms with Gasteiger partial charge in [0.05, 0.1) is 0 Å². The van der Waals surface area contributed by atoms with Gasteiger partial charge in [0.1, 0.15) is 0 Å². The Hall–Kier alpha value is 0.690. The van der Waals surface area contributed by atoms with Gasteiger partial charge >= 0.3 is 0 Å². The molecule has 1 aliphatic heterocycles. The van der Waals surface area contributed by atoms with Gasteiger partial charge in [0, 0.05) is 36.0 Å². The first-order valence-electron chi connectivity index (χ1n) is 2.20. The average molecular weight is 197 g/mol. The molecule has 0 radical (unpaired) electrons. The molecule has 6 heavy (non-hydrogen) atoms. The van der Waals surface area contributed by atoms with E-state index in [1.165, 1.54) is 13.1 Å². The van der Waals surface area contributed by atoms with E-state index in [0.29, 0.717) is 0 Å². The fraction of sp³-hybridized carbons (Fsp3) is 1.00. The Bertz CT molecular complexity index is 43.5. The summed E-state index contributed by atoms with van der Waals surface area (Å²) in [5.41, 5.74) is 0. The van der Waals surface area contributed by atoms with Gasteiger partial charge in [-0.3, -0.25) is 0 Å². The van der Waals surface area contributed by atoms with Crippen LogP contribution in [0.4, 0.5) is 0 Å². The molecule has 1 saturated heterocycles. The molecule has 0 bridgehead atoms. The third kappa shape index (κ3) is 0.846. The molecule has 0 aromatic carbocycles. The van der Waals surface area contributed by atoms with Crippen molar-refractivity contribution in [2.24, 2.45) is 5.92 Å². The summed E-state index contributed by atoms with van der Waals surface area (Å²) in [6.45, 7) is 4.86. The molecule has 2 heteroatoms. The van der Waals surface area contributed by atoms with Gasteiger partial charge in [-0.25, -0.2) is 3.11 Å². The van der Waals surface area contributed by atoms with Gasteiger partial charge in [-0.15, -0.1) is 0 Å². The van der Waals surface area contributed by atoms with E-state index in [0.717, 1.165) is 5.92 Å². The van der Waals surface area contributed by atoms with Gasteiger partial charge in [0.15, 0.2) is 0 Å². The monoisotopic (exact) mass is 197 g/mol. The Labute approximate surface area is 52.2 Å². The molecular weight excluding hydrogens is 189 g/mol. The van der Waals surface area contributed by atoms with E-state index in [1.54, 1.807) is 0 Å². The molecule has 1 fully saturated rings. The first kappa shape index (κ1) is 4.84. The fourth-order valence-electron chi connectivity index (χ4n) is 0.623. The lowest BCUT2D eigenvalue weighted by Crippen LogP contribution is -2.37. The van der Waals surface area contributed by atoms with Crippen molar-refractivity contribution in [1.29, 1.82) is 0 Å². The molecule has 0 amide bonds. The Kier molecular flexibility index (Phi) is 1.34. The van der Waals surface area contributed by atoms with Crippen LogP contribution >= 0.6 is 22.9 Å². The standard InChI is InChI=1S/C4H8IN/c1-4-2-6(5)3-4/h4H,2-3H2,1H3. The Morgan fingerprint density at radius 3 is 2.17 bits per heavy atom. The van der Waals surface area contributed by atoms with E-state index in [1.807, 2.05) is 0 Å². The minimum absolute atomic E-state index is 0.960. The number of hydrogen-bond donors (Lipinski definition) is 0. The van der Waals surface area contributed by atoms with Crippen LogP contribution in [0.2, 0.25) is 0 Å². The topological polar surface area (TPSA) is 3.24 Å².